The fourth-order valence-corrected chi connectivity index (χ4v) is 2.37. The van der Waals surface area contributed by atoms with Crippen LogP contribution in [-0.4, -0.2) is 17.1 Å². The Balaban J connectivity index is 1.72. The molecule has 0 bridgehead atoms. The van der Waals surface area contributed by atoms with Crippen LogP contribution >= 0.6 is 0 Å². The van der Waals surface area contributed by atoms with Crippen molar-refractivity contribution in [1.82, 2.24) is 9.97 Å². The molecule has 6 heteroatoms. The first-order valence-electron chi connectivity index (χ1n) is 7.87. The molecule has 0 fully saturated rings. The summed E-state index contributed by atoms with van der Waals surface area (Å²) in [6.07, 6.45) is 0. The number of ether oxygens (including phenoxy) is 1. The van der Waals surface area contributed by atoms with Crippen LogP contribution in [0.4, 0.5) is 21.7 Å². The molecule has 0 saturated heterocycles. The number of hydrogen-bond acceptors (Lipinski definition) is 5. The summed E-state index contributed by atoms with van der Waals surface area (Å²) in [5, 5.41) is 6.48. The van der Waals surface area contributed by atoms with Gasteiger partial charge < -0.3 is 15.4 Å². The van der Waals surface area contributed by atoms with Crippen LogP contribution in [0, 0.1) is 12.7 Å². The van der Waals surface area contributed by atoms with E-state index in [4.69, 9.17) is 4.74 Å². The number of nitrogens with zero attached hydrogens (tertiary/aromatic N) is 2. The van der Waals surface area contributed by atoms with Crippen LogP contribution in [0.15, 0.2) is 54.6 Å². The van der Waals surface area contributed by atoms with Crippen molar-refractivity contribution in [3.8, 4) is 5.75 Å². The summed E-state index contributed by atoms with van der Waals surface area (Å²) < 4.78 is 18.2. The van der Waals surface area contributed by atoms with E-state index in [0.29, 0.717) is 24.0 Å². The number of anilines is 3. The average Bonchev–Trinajstić information content (AvgIpc) is 2.61. The van der Waals surface area contributed by atoms with Gasteiger partial charge in [-0.15, -0.1) is 0 Å². The highest BCUT2D eigenvalue weighted by molar-refractivity contribution is 5.60. The van der Waals surface area contributed by atoms with Gasteiger partial charge in [0, 0.05) is 24.4 Å². The van der Waals surface area contributed by atoms with Gasteiger partial charge in [-0.1, -0.05) is 18.2 Å². The average molecular weight is 338 g/mol. The summed E-state index contributed by atoms with van der Waals surface area (Å²) in [6, 6.07) is 15.8. The van der Waals surface area contributed by atoms with Gasteiger partial charge in [0.2, 0.25) is 0 Å². The van der Waals surface area contributed by atoms with Gasteiger partial charge in [-0.05, 0) is 36.8 Å². The van der Waals surface area contributed by atoms with E-state index in [1.54, 1.807) is 19.2 Å². The second-order valence-electron chi connectivity index (χ2n) is 5.52. The van der Waals surface area contributed by atoms with E-state index in [1.807, 2.05) is 37.3 Å². The van der Waals surface area contributed by atoms with E-state index < -0.39 is 0 Å². The van der Waals surface area contributed by atoms with Gasteiger partial charge >= 0.3 is 0 Å². The van der Waals surface area contributed by atoms with Crippen LogP contribution in [0.2, 0.25) is 0 Å². The van der Waals surface area contributed by atoms with Gasteiger partial charge in [-0.25, -0.2) is 14.4 Å². The van der Waals surface area contributed by atoms with Crippen molar-refractivity contribution in [2.75, 3.05) is 17.7 Å². The number of methoxy groups -OCH3 is 1. The Morgan fingerprint density at radius 3 is 2.52 bits per heavy atom. The van der Waals surface area contributed by atoms with Gasteiger partial charge in [0.05, 0.1) is 7.11 Å². The smallest absolute Gasteiger partial charge is 0.136 e. The van der Waals surface area contributed by atoms with Crippen LogP contribution in [0.25, 0.3) is 0 Å². The van der Waals surface area contributed by atoms with Crippen molar-refractivity contribution < 1.29 is 9.13 Å². The summed E-state index contributed by atoms with van der Waals surface area (Å²) in [7, 11) is 1.63. The molecule has 0 aliphatic carbocycles. The van der Waals surface area contributed by atoms with Gasteiger partial charge in [-0.2, -0.15) is 0 Å². The molecule has 128 valence electrons. The number of nitrogens with one attached hydrogen (secondary N) is 2. The minimum atomic E-state index is -0.244. The molecule has 0 amide bonds. The standard InChI is InChI=1S/C19H19FN4O/c1-13-22-18(21-12-14-6-8-15(20)9-7-14)11-19(23-13)24-16-4-3-5-17(10-16)25-2/h3-11H,12H2,1-2H3,(H2,21,22,23,24). The fraction of sp³-hybridized carbons (Fsp3) is 0.158. The zero-order chi connectivity index (χ0) is 17.6. The van der Waals surface area contributed by atoms with Gasteiger partial charge in [0.15, 0.2) is 0 Å². The molecule has 1 aromatic heterocycles. The number of rotatable bonds is 6. The SMILES string of the molecule is COc1cccc(Nc2cc(NCc3ccc(F)cc3)nc(C)n2)c1. The summed E-state index contributed by atoms with van der Waals surface area (Å²) in [6.45, 7) is 2.38. The summed E-state index contributed by atoms with van der Waals surface area (Å²) in [5.41, 5.74) is 1.85. The van der Waals surface area contributed by atoms with Gasteiger partial charge in [-0.3, -0.25) is 0 Å². The van der Waals surface area contributed by atoms with Crippen molar-refractivity contribution in [3.63, 3.8) is 0 Å². The maximum atomic E-state index is 13.0. The van der Waals surface area contributed by atoms with Crippen molar-refractivity contribution >= 4 is 17.3 Å². The maximum absolute atomic E-state index is 13.0. The Morgan fingerprint density at radius 2 is 1.76 bits per heavy atom. The van der Waals surface area contributed by atoms with Crippen molar-refractivity contribution in [1.29, 1.82) is 0 Å². The molecular weight excluding hydrogens is 319 g/mol. The molecule has 2 aromatic carbocycles. The second kappa shape index (κ2) is 7.61. The van der Waals surface area contributed by atoms with E-state index in [-0.39, 0.29) is 5.82 Å². The molecule has 0 aliphatic rings. The Kier molecular flexibility index (Phi) is 5.09. The van der Waals surface area contributed by atoms with Crippen LogP contribution in [0.3, 0.4) is 0 Å². The van der Waals surface area contributed by atoms with Crippen LogP contribution < -0.4 is 15.4 Å². The van der Waals surface area contributed by atoms with Crippen molar-refractivity contribution in [2.45, 2.75) is 13.5 Å². The minimum Gasteiger partial charge on any atom is -0.497 e. The first-order valence-corrected chi connectivity index (χ1v) is 7.87. The molecule has 0 atom stereocenters. The third-order valence-electron chi connectivity index (χ3n) is 3.57. The van der Waals surface area contributed by atoms with E-state index in [9.17, 15) is 4.39 Å². The second-order valence-corrected chi connectivity index (χ2v) is 5.52. The number of hydrogen-bond donors (Lipinski definition) is 2. The number of aromatic nitrogens is 2. The molecule has 2 N–H and O–H groups in total. The van der Waals surface area contributed by atoms with E-state index in [1.165, 1.54) is 12.1 Å². The molecule has 3 rings (SSSR count). The molecule has 25 heavy (non-hydrogen) atoms. The Labute approximate surface area is 145 Å². The lowest BCUT2D eigenvalue weighted by Crippen LogP contribution is -2.05. The highest BCUT2D eigenvalue weighted by Crippen LogP contribution is 2.21. The quantitative estimate of drug-likeness (QED) is 0.702. The van der Waals surface area contributed by atoms with E-state index in [0.717, 1.165) is 17.0 Å². The Bertz CT molecular complexity index is 852. The highest BCUT2D eigenvalue weighted by atomic mass is 19.1. The topological polar surface area (TPSA) is 59.1 Å². The summed E-state index contributed by atoms with van der Waals surface area (Å²) in [4.78, 5) is 8.78. The molecule has 3 aromatic rings. The third-order valence-corrected chi connectivity index (χ3v) is 3.57. The largest absolute Gasteiger partial charge is 0.497 e. The monoisotopic (exact) mass is 338 g/mol. The van der Waals surface area contributed by atoms with E-state index in [2.05, 4.69) is 20.6 Å². The summed E-state index contributed by atoms with van der Waals surface area (Å²) in [5.74, 6) is 2.55. The maximum Gasteiger partial charge on any atom is 0.136 e. The lowest BCUT2D eigenvalue weighted by molar-refractivity contribution is 0.415. The van der Waals surface area contributed by atoms with Crippen LogP contribution in [0.1, 0.15) is 11.4 Å². The third kappa shape index (κ3) is 4.67. The predicted molar refractivity (Wildman–Crippen MR) is 96.8 cm³/mol. The molecular formula is C19H19FN4O. The molecule has 0 unspecified atom stereocenters. The zero-order valence-electron chi connectivity index (χ0n) is 14.1. The molecule has 0 radical (unpaired) electrons. The van der Waals surface area contributed by atoms with Crippen LogP contribution in [0.5, 0.6) is 5.75 Å². The van der Waals surface area contributed by atoms with Crippen molar-refractivity contribution in [3.05, 3.63) is 71.8 Å². The molecule has 0 saturated carbocycles. The lowest BCUT2D eigenvalue weighted by atomic mass is 10.2. The highest BCUT2D eigenvalue weighted by Gasteiger charge is 2.04. The number of aryl methyl sites for hydroxylation is 1. The van der Waals surface area contributed by atoms with Crippen LogP contribution in [-0.2, 0) is 6.54 Å². The summed E-state index contributed by atoms with van der Waals surface area (Å²) >= 11 is 0. The van der Waals surface area contributed by atoms with Gasteiger partial charge in [0.25, 0.3) is 0 Å². The van der Waals surface area contributed by atoms with E-state index >= 15 is 0 Å². The fourth-order valence-electron chi connectivity index (χ4n) is 2.37. The molecule has 1 heterocycles. The first-order chi connectivity index (χ1) is 12.1. The molecule has 5 nitrogen and oxygen atoms in total. The predicted octanol–water partition coefficient (Wildman–Crippen LogP) is 4.29. The molecule has 0 aliphatic heterocycles. The van der Waals surface area contributed by atoms with Crippen molar-refractivity contribution in [2.24, 2.45) is 0 Å². The number of halogens is 1. The Hall–Kier alpha value is -3.15. The molecule has 0 spiro atoms. The Morgan fingerprint density at radius 1 is 1.00 bits per heavy atom. The normalized spacial score (nSPS) is 10.4. The number of benzene rings is 2. The first kappa shape index (κ1) is 16.7. The van der Waals surface area contributed by atoms with Gasteiger partial charge in [0.1, 0.15) is 29.0 Å². The lowest BCUT2D eigenvalue weighted by Gasteiger charge is -2.11. The minimum absolute atomic E-state index is 0.244. The zero-order valence-corrected chi connectivity index (χ0v) is 14.1.